The Morgan fingerprint density at radius 1 is 1.16 bits per heavy atom. The quantitative estimate of drug-likeness (QED) is 0.805. The minimum atomic E-state index is -0.211. The molecular weight excluding hydrogens is 322 g/mol. The molecule has 2 N–H and O–H groups in total. The van der Waals surface area contributed by atoms with E-state index in [1.807, 2.05) is 24.3 Å². The van der Waals surface area contributed by atoms with Gasteiger partial charge in [-0.3, -0.25) is 4.90 Å². The zero-order chi connectivity index (χ0) is 17.3. The standard InChI is InChI=1S/C18H23N3O4/c22-18(19-7-8-21-9-12-23-13-10-21)20-15-3-5-16(6-4-15)25-14-17-2-1-11-24-17/h1-6,11H,7-10,12-14H2,(H2,19,20,22). The Hall–Kier alpha value is -2.51. The molecule has 1 aliphatic rings. The lowest BCUT2D eigenvalue weighted by atomic mass is 10.3. The molecule has 0 bridgehead atoms. The highest BCUT2D eigenvalue weighted by Crippen LogP contribution is 2.17. The maximum atomic E-state index is 11.9. The summed E-state index contributed by atoms with van der Waals surface area (Å²) < 4.78 is 16.1. The van der Waals surface area contributed by atoms with Crippen LogP contribution < -0.4 is 15.4 Å². The Kier molecular flexibility index (Phi) is 6.30. The number of furan rings is 1. The summed E-state index contributed by atoms with van der Waals surface area (Å²) in [6, 6.07) is 10.7. The van der Waals surface area contributed by atoms with Crippen molar-refractivity contribution >= 4 is 11.7 Å². The molecule has 1 saturated heterocycles. The van der Waals surface area contributed by atoms with Crippen LogP contribution in [0.5, 0.6) is 5.75 Å². The molecule has 25 heavy (non-hydrogen) atoms. The summed E-state index contributed by atoms with van der Waals surface area (Å²) in [5.41, 5.74) is 0.717. The third kappa shape index (κ3) is 5.81. The highest BCUT2D eigenvalue weighted by atomic mass is 16.5. The van der Waals surface area contributed by atoms with Crippen molar-refractivity contribution < 1.29 is 18.7 Å². The van der Waals surface area contributed by atoms with Crippen LogP contribution in [0.1, 0.15) is 5.76 Å². The highest BCUT2D eigenvalue weighted by molar-refractivity contribution is 5.89. The van der Waals surface area contributed by atoms with E-state index in [2.05, 4.69) is 15.5 Å². The van der Waals surface area contributed by atoms with E-state index in [-0.39, 0.29) is 6.03 Å². The molecule has 7 nitrogen and oxygen atoms in total. The van der Waals surface area contributed by atoms with Crippen LogP contribution in [0, 0.1) is 0 Å². The zero-order valence-electron chi connectivity index (χ0n) is 14.1. The SMILES string of the molecule is O=C(NCCN1CCOCC1)Nc1ccc(OCc2ccco2)cc1. The molecule has 1 fully saturated rings. The fourth-order valence-electron chi connectivity index (χ4n) is 2.51. The number of rotatable bonds is 7. The molecule has 0 radical (unpaired) electrons. The van der Waals surface area contributed by atoms with Crippen molar-refractivity contribution in [2.45, 2.75) is 6.61 Å². The number of benzene rings is 1. The van der Waals surface area contributed by atoms with Crippen molar-refractivity contribution in [1.29, 1.82) is 0 Å². The van der Waals surface area contributed by atoms with Crippen molar-refractivity contribution in [3.05, 3.63) is 48.4 Å². The number of carbonyl (C=O) groups excluding carboxylic acids is 1. The number of ether oxygens (including phenoxy) is 2. The van der Waals surface area contributed by atoms with Gasteiger partial charge in [-0.15, -0.1) is 0 Å². The number of carbonyl (C=O) groups is 1. The van der Waals surface area contributed by atoms with Crippen molar-refractivity contribution in [3.63, 3.8) is 0 Å². The first-order valence-electron chi connectivity index (χ1n) is 8.40. The molecule has 0 atom stereocenters. The molecule has 0 unspecified atom stereocenters. The lowest BCUT2D eigenvalue weighted by molar-refractivity contribution is 0.0388. The molecule has 2 heterocycles. The van der Waals surface area contributed by atoms with E-state index in [0.29, 0.717) is 18.8 Å². The van der Waals surface area contributed by atoms with Crippen LogP contribution in [0.15, 0.2) is 47.1 Å². The van der Waals surface area contributed by atoms with Gasteiger partial charge in [0.1, 0.15) is 18.1 Å². The maximum Gasteiger partial charge on any atom is 0.319 e. The monoisotopic (exact) mass is 345 g/mol. The van der Waals surface area contributed by atoms with E-state index in [9.17, 15) is 4.79 Å². The van der Waals surface area contributed by atoms with E-state index in [1.165, 1.54) is 0 Å². The first-order chi connectivity index (χ1) is 12.3. The van der Waals surface area contributed by atoms with Crippen LogP contribution in [0.3, 0.4) is 0 Å². The average molecular weight is 345 g/mol. The first-order valence-corrected chi connectivity index (χ1v) is 8.40. The van der Waals surface area contributed by atoms with E-state index in [1.54, 1.807) is 18.4 Å². The highest BCUT2D eigenvalue weighted by Gasteiger charge is 2.10. The van der Waals surface area contributed by atoms with Gasteiger partial charge in [0.05, 0.1) is 19.5 Å². The van der Waals surface area contributed by atoms with Gasteiger partial charge in [0, 0.05) is 31.9 Å². The van der Waals surface area contributed by atoms with Crippen LogP contribution in [0.4, 0.5) is 10.5 Å². The van der Waals surface area contributed by atoms with Gasteiger partial charge in [-0.1, -0.05) is 0 Å². The number of urea groups is 1. The Morgan fingerprint density at radius 2 is 1.96 bits per heavy atom. The van der Waals surface area contributed by atoms with Crippen molar-refractivity contribution in [1.82, 2.24) is 10.2 Å². The van der Waals surface area contributed by atoms with Crippen LogP contribution >= 0.6 is 0 Å². The Bertz CT molecular complexity index is 637. The van der Waals surface area contributed by atoms with Gasteiger partial charge in [-0.2, -0.15) is 0 Å². The summed E-state index contributed by atoms with van der Waals surface area (Å²) in [5, 5.41) is 5.67. The zero-order valence-corrected chi connectivity index (χ0v) is 14.1. The molecule has 2 aromatic rings. The molecule has 1 aromatic carbocycles. The first kappa shape index (κ1) is 17.3. The third-order valence-corrected chi connectivity index (χ3v) is 3.89. The summed E-state index contributed by atoms with van der Waals surface area (Å²) in [6.45, 7) is 5.18. The molecule has 0 saturated carbocycles. The van der Waals surface area contributed by atoms with E-state index in [0.717, 1.165) is 44.4 Å². The normalized spacial score (nSPS) is 14.9. The second kappa shape index (κ2) is 9.10. The van der Waals surface area contributed by atoms with Crippen LogP contribution in [0.25, 0.3) is 0 Å². The molecule has 2 amide bonds. The molecule has 7 heteroatoms. The number of nitrogens with one attached hydrogen (secondary N) is 2. The minimum absolute atomic E-state index is 0.211. The summed E-state index contributed by atoms with van der Waals surface area (Å²) in [5.74, 6) is 1.48. The van der Waals surface area contributed by atoms with Crippen LogP contribution in [-0.2, 0) is 11.3 Å². The van der Waals surface area contributed by atoms with Crippen molar-refractivity contribution in [3.8, 4) is 5.75 Å². The Balaban J connectivity index is 1.36. The molecule has 1 aromatic heterocycles. The smallest absolute Gasteiger partial charge is 0.319 e. The van der Waals surface area contributed by atoms with Gasteiger partial charge in [-0.25, -0.2) is 4.79 Å². The van der Waals surface area contributed by atoms with E-state index < -0.39 is 0 Å². The summed E-state index contributed by atoms with van der Waals surface area (Å²) in [4.78, 5) is 14.2. The summed E-state index contributed by atoms with van der Waals surface area (Å²) in [6.07, 6.45) is 1.61. The average Bonchev–Trinajstić information content (AvgIpc) is 3.16. The molecule has 0 spiro atoms. The van der Waals surface area contributed by atoms with Gasteiger partial charge in [0.25, 0.3) is 0 Å². The van der Waals surface area contributed by atoms with Crippen molar-refractivity contribution in [2.24, 2.45) is 0 Å². The topological polar surface area (TPSA) is 76.0 Å². The molecule has 1 aliphatic heterocycles. The second-order valence-electron chi connectivity index (χ2n) is 5.73. The molecule has 0 aliphatic carbocycles. The number of amides is 2. The minimum Gasteiger partial charge on any atom is -0.486 e. The van der Waals surface area contributed by atoms with Crippen molar-refractivity contribution in [2.75, 3.05) is 44.7 Å². The number of nitrogens with zero attached hydrogens (tertiary/aromatic N) is 1. The molecule has 134 valence electrons. The second-order valence-corrected chi connectivity index (χ2v) is 5.73. The Morgan fingerprint density at radius 3 is 2.68 bits per heavy atom. The van der Waals surface area contributed by atoms with Gasteiger partial charge >= 0.3 is 6.03 Å². The predicted octanol–water partition coefficient (Wildman–Crippen LogP) is 2.31. The fourth-order valence-corrected chi connectivity index (χ4v) is 2.51. The van der Waals surface area contributed by atoms with Crippen LogP contribution in [-0.4, -0.2) is 50.3 Å². The third-order valence-electron chi connectivity index (χ3n) is 3.89. The van der Waals surface area contributed by atoms with Gasteiger partial charge < -0.3 is 24.5 Å². The Labute approximate surface area is 146 Å². The van der Waals surface area contributed by atoms with Gasteiger partial charge in [0.15, 0.2) is 0 Å². The number of morpholine rings is 1. The predicted molar refractivity (Wildman–Crippen MR) is 93.8 cm³/mol. The molecule has 3 rings (SSSR count). The summed E-state index contributed by atoms with van der Waals surface area (Å²) >= 11 is 0. The van der Waals surface area contributed by atoms with Gasteiger partial charge in [-0.05, 0) is 36.4 Å². The summed E-state index contributed by atoms with van der Waals surface area (Å²) in [7, 11) is 0. The lowest BCUT2D eigenvalue weighted by Gasteiger charge is -2.26. The number of hydrogen-bond acceptors (Lipinski definition) is 5. The van der Waals surface area contributed by atoms with Crippen LogP contribution in [0.2, 0.25) is 0 Å². The van der Waals surface area contributed by atoms with E-state index in [4.69, 9.17) is 13.9 Å². The maximum absolute atomic E-state index is 11.9. The lowest BCUT2D eigenvalue weighted by Crippen LogP contribution is -2.42. The molecular formula is C18H23N3O4. The van der Waals surface area contributed by atoms with E-state index >= 15 is 0 Å². The number of hydrogen-bond donors (Lipinski definition) is 2. The van der Waals surface area contributed by atoms with Gasteiger partial charge in [0.2, 0.25) is 0 Å². The number of anilines is 1. The largest absolute Gasteiger partial charge is 0.486 e. The fraction of sp³-hybridized carbons (Fsp3) is 0.389.